The van der Waals surface area contributed by atoms with Crippen LogP contribution >= 0.6 is 0 Å². The Bertz CT molecular complexity index is 523. The number of furan rings is 1. The summed E-state index contributed by atoms with van der Waals surface area (Å²) in [4.78, 5) is 11.7. The second kappa shape index (κ2) is 4.56. The van der Waals surface area contributed by atoms with Crippen LogP contribution in [-0.2, 0) is 6.42 Å². The second-order valence-corrected chi connectivity index (χ2v) is 4.27. The molecule has 0 fully saturated rings. The lowest BCUT2D eigenvalue weighted by Gasteiger charge is -2.11. The molecule has 1 aliphatic rings. The Kier molecular flexibility index (Phi) is 2.76. The van der Waals surface area contributed by atoms with Gasteiger partial charge in [-0.3, -0.25) is 4.79 Å². The molecule has 3 rings (SSSR count). The zero-order chi connectivity index (χ0) is 12.4. The van der Waals surface area contributed by atoms with E-state index in [1.807, 2.05) is 24.3 Å². The summed E-state index contributed by atoms with van der Waals surface area (Å²) < 4.78 is 10.6. The van der Waals surface area contributed by atoms with Gasteiger partial charge in [-0.05, 0) is 17.7 Å². The minimum absolute atomic E-state index is 0.0123. The highest BCUT2D eigenvalue weighted by atomic mass is 16.5. The van der Waals surface area contributed by atoms with Gasteiger partial charge >= 0.3 is 0 Å². The van der Waals surface area contributed by atoms with E-state index in [9.17, 15) is 4.79 Å². The zero-order valence-corrected chi connectivity index (χ0v) is 9.76. The van der Waals surface area contributed by atoms with Crippen molar-refractivity contribution in [2.75, 3.05) is 6.54 Å². The Hall–Kier alpha value is -2.23. The van der Waals surface area contributed by atoms with Gasteiger partial charge in [0.2, 0.25) is 0 Å². The molecule has 4 heteroatoms. The highest BCUT2D eigenvalue weighted by Crippen LogP contribution is 2.27. The maximum Gasteiger partial charge on any atom is 0.254 e. The molecule has 1 aromatic carbocycles. The molecule has 0 aliphatic carbocycles. The van der Waals surface area contributed by atoms with Crippen LogP contribution in [0.2, 0.25) is 0 Å². The van der Waals surface area contributed by atoms with Gasteiger partial charge in [0, 0.05) is 6.42 Å². The summed E-state index contributed by atoms with van der Waals surface area (Å²) in [7, 11) is 0. The van der Waals surface area contributed by atoms with E-state index in [4.69, 9.17) is 9.15 Å². The average molecular weight is 243 g/mol. The van der Waals surface area contributed by atoms with Crippen molar-refractivity contribution >= 4 is 5.91 Å². The average Bonchev–Trinajstić information content (AvgIpc) is 3.04. The molecule has 0 saturated heterocycles. The molecule has 0 spiro atoms. The Morgan fingerprint density at radius 2 is 2.22 bits per heavy atom. The number of para-hydroxylation sites is 1. The van der Waals surface area contributed by atoms with Crippen LogP contribution < -0.4 is 10.1 Å². The topological polar surface area (TPSA) is 51.5 Å². The Labute approximate surface area is 105 Å². The number of fused-ring (bicyclic) bond motifs is 1. The number of nitrogens with one attached hydrogen (secondary N) is 1. The Balaban J connectivity index is 1.56. The quantitative estimate of drug-likeness (QED) is 0.897. The van der Waals surface area contributed by atoms with E-state index in [1.54, 1.807) is 6.07 Å². The van der Waals surface area contributed by atoms with Crippen LogP contribution in [-0.4, -0.2) is 18.6 Å². The largest absolute Gasteiger partial charge is 0.488 e. The predicted molar refractivity (Wildman–Crippen MR) is 65.6 cm³/mol. The van der Waals surface area contributed by atoms with Crippen LogP contribution in [0.25, 0.3) is 0 Å². The van der Waals surface area contributed by atoms with Crippen molar-refractivity contribution in [3.63, 3.8) is 0 Å². The SMILES string of the molecule is O=C(NCC1Cc2ccccc2O1)c1ccoc1. The Morgan fingerprint density at radius 3 is 3.00 bits per heavy atom. The van der Waals surface area contributed by atoms with Gasteiger partial charge in [-0.1, -0.05) is 18.2 Å². The van der Waals surface area contributed by atoms with E-state index in [-0.39, 0.29) is 12.0 Å². The third-order valence-electron chi connectivity index (χ3n) is 2.99. The third kappa shape index (κ3) is 2.09. The summed E-state index contributed by atoms with van der Waals surface area (Å²) in [5, 5.41) is 2.84. The number of hydrogen-bond acceptors (Lipinski definition) is 3. The predicted octanol–water partition coefficient (Wildman–Crippen LogP) is 2.01. The fourth-order valence-corrected chi connectivity index (χ4v) is 2.07. The molecule has 0 radical (unpaired) electrons. The van der Waals surface area contributed by atoms with Gasteiger partial charge < -0.3 is 14.5 Å². The summed E-state index contributed by atoms with van der Waals surface area (Å²) in [6.07, 6.45) is 3.76. The summed E-state index contributed by atoms with van der Waals surface area (Å²) in [5.41, 5.74) is 1.73. The first-order valence-electron chi connectivity index (χ1n) is 5.88. The number of amides is 1. The molecule has 1 aromatic heterocycles. The fourth-order valence-electron chi connectivity index (χ4n) is 2.07. The molecule has 1 amide bonds. The monoisotopic (exact) mass is 243 g/mol. The van der Waals surface area contributed by atoms with Crippen molar-refractivity contribution in [1.29, 1.82) is 0 Å². The van der Waals surface area contributed by atoms with Gasteiger partial charge in [-0.2, -0.15) is 0 Å². The highest BCUT2D eigenvalue weighted by molar-refractivity contribution is 5.93. The number of rotatable bonds is 3. The standard InChI is InChI=1S/C14H13NO3/c16-14(11-5-6-17-9-11)15-8-12-7-10-3-1-2-4-13(10)18-12/h1-6,9,12H,7-8H2,(H,15,16). The maximum atomic E-state index is 11.7. The smallest absolute Gasteiger partial charge is 0.254 e. The lowest BCUT2D eigenvalue weighted by molar-refractivity contribution is 0.0933. The van der Waals surface area contributed by atoms with Gasteiger partial charge in [0.05, 0.1) is 18.4 Å². The molecular formula is C14H13NO3. The van der Waals surface area contributed by atoms with E-state index in [2.05, 4.69) is 5.32 Å². The highest BCUT2D eigenvalue weighted by Gasteiger charge is 2.22. The lowest BCUT2D eigenvalue weighted by atomic mass is 10.1. The molecular weight excluding hydrogens is 230 g/mol. The van der Waals surface area contributed by atoms with Crippen molar-refractivity contribution in [2.24, 2.45) is 0 Å². The molecule has 1 N–H and O–H groups in total. The number of carbonyl (C=O) groups excluding carboxylic acids is 1. The van der Waals surface area contributed by atoms with Crippen molar-refractivity contribution in [3.8, 4) is 5.75 Å². The number of benzene rings is 1. The van der Waals surface area contributed by atoms with Crippen molar-refractivity contribution in [3.05, 3.63) is 54.0 Å². The van der Waals surface area contributed by atoms with E-state index in [1.165, 1.54) is 18.1 Å². The number of hydrogen-bond donors (Lipinski definition) is 1. The van der Waals surface area contributed by atoms with Crippen molar-refractivity contribution in [1.82, 2.24) is 5.32 Å². The summed E-state index contributed by atoms with van der Waals surface area (Å²) in [6, 6.07) is 9.58. The van der Waals surface area contributed by atoms with E-state index in [0.717, 1.165) is 12.2 Å². The summed E-state index contributed by atoms with van der Waals surface area (Å²) in [6.45, 7) is 0.499. The van der Waals surface area contributed by atoms with Gasteiger partial charge in [0.1, 0.15) is 18.1 Å². The molecule has 1 atom stereocenters. The molecule has 1 unspecified atom stereocenters. The first-order chi connectivity index (χ1) is 8.83. The number of carbonyl (C=O) groups is 1. The van der Waals surface area contributed by atoms with Crippen LogP contribution in [0.4, 0.5) is 0 Å². The molecule has 4 nitrogen and oxygen atoms in total. The second-order valence-electron chi connectivity index (χ2n) is 4.27. The van der Waals surface area contributed by atoms with E-state index in [0.29, 0.717) is 12.1 Å². The zero-order valence-electron chi connectivity index (χ0n) is 9.76. The molecule has 0 bridgehead atoms. The molecule has 2 heterocycles. The van der Waals surface area contributed by atoms with Crippen LogP contribution in [0.1, 0.15) is 15.9 Å². The minimum Gasteiger partial charge on any atom is -0.488 e. The van der Waals surface area contributed by atoms with E-state index < -0.39 is 0 Å². The van der Waals surface area contributed by atoms with Crippen molar-refractivity contribution in [2.45, 2.75) is 12.5 Å². The van der Waals surface area contributed by atoms with Crippen LogP contribution in [0.5, 0.6) is 5.75 Å². The minimum atomic E-state index is -0.136. The van der Waals surface area contributed by atoms with Gasteiger partial charge in [-0.15, -0.1) is 0 Å². The van der Waals surface area contributed by atoms with Gasteiger partial charge in [0.15, 0.2) is 0 Å². The molecule has 1 aliphatic heterocycles. The van der Waals surface area contributed by atoms with Crippen LogP contribution in [0, 0.1) is 0 Å². The first-order valence-corrected chi connectivity index (χ1v) is 5.88. The first kappa shape index (κ1) is 10.9. The molecule has 2 aromatic rings. The fraction of sp³-hybridized carbons (Fsp3) is 0.214. The third-order valence-corrected chi connectivity index (χ3v) is 2.99. The van der Waals surface area contributed by atoms with Gasteiger partial charge in [0.25, 0.3) is 5.91 Å². The van der Waals surface area contributed by atoms with Crippen molar-refractivity contribution < 1.29 is 13.9 Å². The molecule has 0 saturated carbocycles. The van der Waals surface area contributed by atoms with Crippen LogP contribution in [0.3, 0.4) is 0 Å². The van der Waals surface area contributed by atoms with Crippen LogP contribution in [0.15, 0.2) is 47.3 Å². The normalized spacial score (nSPS) is 17.0. The number of ether oxygens (including phenoxy) is 1. The summed E-state index contributed by atoms with van der Waals surface area (Å²) >= 11 is 0. The maximum absolute atomic E-state index is 11.7. The summed E-state index contributed by atoms with van der Waals surface area (Å²) in [5.74, 6) is 0.781. The van der Waals surface area contributed by atoms with Gasteiger partial charge in [-0.25, -0.2) is 0 Å². The Morgan fingerprint density at radius 1 is 1.33 bits per heavy atom. The lowest BCUT2D eigenvalue weighted by Crippen LogP contribution is -2.34. The molecule has 92 valence electrons. The van der Waals surface area contributed by atoms with E-state index >= 15 is 0 Å². The molecule has 18 heavy (non-hydrogen) atoms.